The first-order valence-electron chi connectivity index (χ1n) is 6.67. The van der Waals surface area contributed by atoms with Crippen LogP contribution in [0.1, 0.15) is 0 Å². The number of hydrogen-bond acceptors (Lipinski definition) is 5. The lowest BCUT2D eigenvalue weighted by molar-refractivity contribution is 0.411. The molecule has 0 saturated heterocycles. The van der Waals surface area contributed by atoms with Crippen molar-refractivity contribution in [2.24, 2.45) is 0 Å². The van der Waals surface area contributed by atoms with Crippen molar-refractivity contribution in [1.82, 2.24) is 13.9 Å². The molecule has 3 heterocycles. The van der Waals surface area contributed by atoms with Crippen molar-refractivity contribution in [1.29, 1.82) is 0 Å². The normalized spacial score (nSPS) is 11.5. The van der Waals surface area contributed by atoms with Crippen molar-refractivity contribution >= 4 is 10.0 Å². The maximum atomic E-state index is 14.1. The van der Waals surface area contributed by atoms with Crippen LogP contribution in [0.4, 0.5) is 8.78 Å². The first kappa shape index (κ1) is 16.1. The molecule has 0 N–H and O–H groups in total. The number of pyridine rings is 2. The highest BCUT2D eigenvalue weighted by Crippen LogP contribution is 2.29. The first-order chi connectivity index (χ1) is 11.4. The van der Waals surface area contributed by atoms with Gasteiger partial charge in [-0.05, 0) is 18.2 Å². The van der Waals surface area contributed by atoms with Crippen LogP contribution in [0.3, 0.4) is 0 Å². The van der Waals surface area contributed by atoms with E-state index in [9.17, 15) is 17.2 Å². The molecule has 0 spiro atoms. The summed E-state index contributed by atoms with van der Waals surface area (Å²) in [5.41, 5.74) is -0.706. The third-order valence-electron chi connectivity index (χ3n) is 3.30. The zero-order chi connectivity index (χ0) is 17.3. The Morgan fingerprint density at radius 2 is 2.00 bits per heavy atom. The molecule has 0 aliphatic carbocycles. The summed E-state index contributed by atoms with van der Waals surface area (Å²) >= 11 is 0. The number of aromatic nitrogens is 3. The van der Waals surface area contributed by atoms with Crippen LogP contribution in [0.15, 0.2) is 53.9 Å². The van der Waals surface area contributed by atoms with Gasteiger partial charge in [-0.15, -0.1) is 0 Å². The lowest BCUT2D eigenvalue weighted by Crippen LogP contribution is -2.14. The van der Waals surface area contributed by atoms with Crippen LogP contribution >= 0.6 is 0 Å². The van der Waals surface area contributed by atoms with Crippen LogP contribution in [0.5, 0.6) is 5.75 Å². The second-order valence-corrected chi connectivity index (χ2v) is 6.53. The molecule has 6 nitrogen and oxygen atoms in total. The van der Waals surface area contributed by atoms with Crippen molar-refractivity contribution < 1.29 is 21.9 Å². The van der Waals surface area contributed by atoms with Gasteiger partial charge in [-0.2, -0.15) is 4.39 Å². The molecule has 24 heavy (non-hydrogen) atoms. The van der Waals surface area contributed by atoms with Crippen molar-refractivity contribution in [2.75, 3.05) is 7.11 Å². The summed E-state index contributed by atoms with van der Waals surface area (Å²) in [6, 6.07) is 4.81. The Hall–Kier alpha value is -2.81. The molecule has 3 aromatic rings. The van der Waals surface area contributed by atoms with Crippen LogP contribution in [0.25, 0.3) is 11.3 Å². The molecule has 3 aromatic heterocycles. The van der Waals surface area contributed by atoms with Gasteiger partial charge in [0.15, 0.2) is 0 Å². The summed E-state index contributed by atoms with van der Waals surface area (Å²) in [5, 5.41) is 0. The zero-order valence-electron chi connectivity index (χ0n) is 12.3. The number of nitrogens with zero attached hydrogens (tertiary/aromatic N) is 3. The summed E-state index contributed by atoms with van der Waals surface area (Å²) in [6.07, 6.45) is 4.62. The molecular weight excluding hydrogens is 340 g/mol. The maximum absolute atomic E-state index is 14.1. The molecular formula is C15H11F2N3O3S. The molecule has 0 saturated carbocycles. The number of rotatable bonds is 4. The van der Waals surface area contributed by atoms with Gasteiger partial charge in [0, 0.05) is 24.7 Å². The van der Waals surface area contributed by atoms with Gasteiger partial charge >= 0.3 is 0 Å². The van der Waals surface area contributed by atoms with E-state index < -0.39 is 27.5 Å². The molecule has 0 aliphatic rings. The molecule has 3 rings (SSSR count). The molecule has 0 fully saturated rings. The highest BCUT2D eigenvalue weighted by atomic mass is 32.2. The monoisotopic (exact) mass is 351 g/mol. The summed E-state index contributed by atoms with van der Waals surface area (Å²) in [5.74, 6) is -1.64. The second-order valence-electron chi connectivity index (χ2n) is 4.72. The predicted molar refractivity (Wildman–Crippen MR) is 81.0 cm³/mol. The average molecular weight is 351 g/mol. The quantitative estimate of drug-likeness (QED) is 0.675. The fourth-order valence-electron chi connectivity index (χ4n) is 2.17. The molecule has 0 unspecified atom stereocenters. The van der Waals surface area contributed by atoms with Gasteiger partial charge in [0.1, 0.15) is 22.2 Å². The first-order valence-corrected chi connectivity index (χ1v) is 8.11. The molecule has 0 amide bonds. The van der Waals surface area contributed by atoms with Gasteiger partial charge in [-0.1, -0.05) is 0 Å². The lowest BCUT2D eigenvalue weighted by Gasteiger charge is -2.11. The Morgan fingerprint density at radius 3 is 2.71 bits per heavy atom. The number of ether oxygens (including phenoxy) is 1. The molecule has 0 radical (unpaired) electrons. The molecule has 0 aromatic carbocycles. The Balaban J connectivity index is 2.22. The summed E-state index contributed by atoms with van der Waals surface area (Å²) in [6.45, 7) is 0. The molecule has 0 aliphatic heterocycles. The smallest absolute Gasteiger partial charge is 0.269 e. The third-order valence-corrected chi connectivity index (χ3v) is 4.94. The lowest BCUT2D eigenvalue weighted by atomic mass is 10.2. The van der Waals surface area contributed by atoms with Crippen LogP contribution in [-0.4, -0.2) is 29.5 Å². The minimum absolute atomic E-state index is 0.219. The topological polar surface area (TPSA) is 74.1 Å². The van der Waals surface area contributed by atoms with Gasteiger partial charge in [-0.3, -0.25) is 4.98 Å². The maximum Gasteiger partial charge on any atom is 0.269 e. The fraction of sp³-hybridized carbons (Fsp3) is 0.0667. The van der Waals surface area contributed by atoms with Crippen molar-refractivity contribution in [2.45, 2.75) is 4.90 Å². The highest BCUT2D eigenvalue weighted by molar-refractivity contribution is 7.90. The molecule has 0 atom stereocenters. The Bertz CT molecular complexity index is 1000. The number of methoxy groups -OCH3 is 1. The van der Waals surface area contributed by atoms with E-state index in [-0.39, 0.29) is 16.2 Å². The summed E-state index contributed by atoms with van der Waals surface area (Å²) in [4.78, 5) is 6.98. The van der Waals surface area contributed by atoms with Gasteiger partial charge < -0.3 is 4.74 Å². The minimum Gasteiger partial charge on any atom is -0.495 e. The Kier molecular flexibility index (Phi) is 4.02. The standard InChI is InChI=1S/C15H11F2N3O3S/c1-23-10-7-11(9-18-8-10)24(21,22)20-6-4-13(16)14(20)12-3-2-5-19-15(12)17/h2-9H,1H3. The van der Waals surface area contributed by atoms with Gasteiger partial charge in [0.25, 0.3) is 10.0 Å². The van der Waals surface area contributed by atoms with Crippen molar-refractivity contribution in [3.05, 3.63) is 60.8 Å². The predicted octanol–water partition coefficient (Wildman–Crippen LogP) is 2.47. The van der Waals surface area contributed by atoms with E-state index in [1.165, 1.54) is 37.7 Å². The molecule has 9 heteroatoms. The average Bonchev–Trinajstić information content (AvgIpc) is 2.97. The van der Waals surface area contributed by atoms with Gasteiger partial charge in [-0.25, -0.2) is 21.8 Å². The third kappa shape index (κ3) is 2.62. The molecule has 0 bridgehead atoms. The van der Waals surface area contributed by atoms with E-state index in [0.717, 1.165) is 18.5 Å². The molecule has 124 valence electrons. The SMILES string of the molecule is COc1cncc(S(=O)(=O)n2ccc(F)c2-c2cccnc2F)c1. The van der Waals surface area contributed by atoms with E-state index >= 15 is 0 Å². The zero-order valence-corrected chi connectivity index (χ0v) is 13.2. The highest BCUT2D eigenvalue weighted by Gasteiger charge is 2.25. The van der Waals surface area contributed by atoms with Crippen LogP contribution in [-0.2, 0) is 10.0 Å². The van der Waals surface area contributed by atoms with Crippen LogP contribution in [0, 0.1) is 11.8 Å². The minimum atomic E-state index is -4.21. The Morgan fingerprint density at radius 1 is 1.21 bits per heavy atom. The van der Waals surface area contributed by atoms with Crippen molar-refractivity contribution in [3.8, 4) is 17.0 Å². The van der Waals surface area contributed by atoms with E-state index in [0.29, 0.717) is 3.97 Å². The van der Waals surface area contributed by atoms with Crippen LogP contribution in [0.2, 0.25) is 0 Å². The van der Waals surface area contributed by atoms with Crippen molar-refractivity contribution in [3.63, 3.8) is 0 Å². The van der Waals surface area contributed by atoms with Crippen LogP contribution < -0.4 is 4.74 Å². The summed E-state index contributed by atoms with van der Waals surface area (Å²) in [7, 11) is -2.85. The van der Waals surface area contributed by atoms with E-state index in [1.807, 2.05) is 0 Å². The number of halogens is 2. The van der Waals surface area contributed by atoms with E-state index in [2.05, 4.69) is 9.97 Å². The van der Waals surface area contributed by atoms with Gasteiger partial charge in [0.05, 0.1) is 18.9 Å². The van der Waals surface area contributed by atoms with E-state index in [4.69, 9.17) is 4.74 Å². The van der Waals surface area contributed by atoms with Gasteiger partial charge in [0.2, 0.25) is 5.95 Å². The van der Waals surface area contributed by atoms with E-state index in [1.54, 1.807) is 0 Å². The second kappa shape index (κ2) is 6.00. The Labute approximate surface area is 136 Å². The summed E-state index contributed by atoms with van der Waals surface area (Å²) < 4.78 is 59.2. The largest absolute Gasteiger partial charge is 0.495 e. The fourth-order valence-corrected chi connectivity index (χ4v) is 3.50. The number of hydrogen-bond donors (Lipinski definition) is 0.